The number of benzene rings is 2. The summed E-state index contributed by atoms with van der Waals surface area (Å²) in [4.78, 5) is 15.2. The van der Waals surface area contributed by atoms with Gasteiger partial charge in [-0.15, -0.1) is 0 Å². The lowest BCUT2D eigenvalue weighted by atomic mass is 9.71. The summed E-state index contributed by atoms with van der Waals surface area (Å²) < 4.78 is 0. The molecule has 2 aromatic carbocycles. The van der Waals surface area contributed by atoms with Gasteiger partial charge < -0.3 is 10.2 Å². The molecule has 2 aromatic rings. The Morgan fingerprint density at radius 3 is 2.31 bits per heavy atom. The van der Waals surface area contributed by atoms with Crippen LogP contribution in [0.4, 0.5) is 10.5 Å². The van der Waals surface area contributed by atoms with Gasteiger partial charge in [-0.05, 0) is 60.8 Å². The molecular formula is C24H30Cl2N2O. The summed E-state index contributed by atoms with van der Waals surface area (Å²) in [5.74, 6) is 0.697. The first-order valence-corrected chi connectivity index (χ1v) is 11.1. The summed E-state index contributed by atoms with van der Waals surface area (Å²) in [6.45, 7) is 7.52. The molecule has 0 radical (unpaired) electrons. The maximum Gasteiger partial charge on any atom is 0.322 e. The lowest BCUT2D eigenvalue weighted by molar-refractivity contribution is 0.110. The highest BCUT2D eigenvalue weighted by Crippen LogP contribution is 2.39. The van der Waals surface area contributed by atoms with E-state index in [1.165, 1.54) is 0 Å². The molecule has 5 heteroatoms. The van der Waals surface area contributed by atoms with Crippen LogP contribution < -0.4 is 5.32 Å². The largest absolute Gasteiger partial charge is 0.322 e. The van der Waals surface area contributed by atoms with Crippen LogP contribution in [0, 0.1) is 11.3 Å². The Bertz CT molecular complexity index is 825. The van der Waals surface area contributed by atoms with Crippen molar-refractivity contribution >= 4 is 34.9 Å². The van der Waals surface area contributed by atoms with Crippen molar-refractivity contribution in [3.05, 3.63) is 64.1 Å². The zero-order valence-electron chi connectivity index (χ0n) is 17.4. The number of rotatable bonds is 4. The van der Waals surface area contributed by atoms with E-state index < -0.39 is 0 Å². The smallest absolute Gasteiger partial charge is 0.317 e. The van der Waals surface area contributed by atoms with Gasteiger partial charge in [0.2, 0.25) is 0 Å². The van der Waals surface area contributed by atoms with Gasteiger partial charge in [0.15, 0.2) is 0 Å². The molecule has 2 amide bonds. The van der Waals surface area contributed by atoms with Crippen LogP contribution in [0.15, 0.2) is 48.5 Å². The van der Waals surface area contributed by atoms with Crippen molar-refractivity contribution in [2.75, 3.05) is 5.32 Å². The number of nitrogens with one attached hydrogen (secondary N) is 1. The summed E-state index contributed by atoms with van der Waals surface area (Å²) in [6, 6.07) is 15.3. The molecule has 1 fully saturated rings. The minimum Gasteiger partial charge on any atom is -0.317 e. The molecule has 29 heavy (non-hydrogen) atoms. The number of hydrogen-bond acceptors (Lipinski definition) is 1. The van der Waals surface area contributed by atoms with Crippen molar-refractivity contribution in [2.24, 2.45) is 11.3 Å². The van der Waals surface area contributed by atoms with Crippen molar-refractivity contribution in [3.8, 4) is 0 Å². The van der Waals surface area contributed by atoms with Crippen LogP contribution in [0.2, 0.25) is 10.0 Å². The van der Waals surface area contributed by atoms with E-state index in [1.54, 1.807) is 18.2 Å². The van der Waals surface area contributed by atoms with Crippen molar-refractivity contribution in [2.45, 2.75) is 59.0 Å². The molecule has 0 aliphatic heterocycles. The van der Waals surface area contributed by atoms with Crippen LogP contribution in [-0.4, -0.2) is 17.0 Å². The number of amides is 2. The summed E-state index contributed by atoms with van der Waals surface area (Å²) in [6.07, 6.45) is 4.33. The fraction of sp³-hybridized carbons (Fsp3) is 0.458. The van der Waals surface area contributed by atoms with E-state index in [-0.39, 0.29) is 12.1 Å². The molecule has 0 atom stereocenters. The molecule has 1 N–H and O–H groups in total. The Labute approximate surface area is 184 Å². The number of nitrogens with zero attached hydrogens (tertiary/aromatic N) is 1. The van der Waals surface area contributed by atoms with Gasteiger partial charge in [-0.1, -0.05) is 74.3 Å². The van der Waals surface area contributed by atoms with E-state index in [0.29, 0.717) is 33.6 Å². The molecular weight excluding hydrogens is 403 g/mol. The summed E-state index contributed by atoms with van der Waals surface area (Å²) in [5.41, 5.74) is 1.98. The van der Waals surface area contributed by atoms with Gasteiger partial charge in [0.1, 0.15) is 0 Å². The SMILES string of the molecule is CC(C)(C)C1CCC(N(Cc2ccccc2)C(=O)Nc2cc(Cl)ccc2Cl)CC1. The third-order valence-electron chi connectivity index (χ3n) is 5.99. The highest BCUT2D eigenvalue weighted by atomic mass is 35.5. The molecule has 3 nitrogen and oxygen atoms in total. The minimum absolute atomic E-state index is 0.128. The molecule has 1 aliphatic rings. The fourth-order valence-corrected chi connectivity index (χ4v) is 4.52. The molecule has 156 valence electrons. The summed E-state index contributed by atoms with van der Waals surface area (Å²) in [7, 11) is 0. The molecule has 0 heterocycles. The standard InChI is InChI=1S/C24H30Cl2N2O/c1-24(2,3)18-9-12-20(13-10-18)28(16-17-7-5-4-6-8-17)23(29)27-22-15-19(25)11-14-21(22)26/h4-8,11,14-15,18,20H,9-10,12-13,16H2,1-3H3,(H,27,29). The summed E-state index contributed by atoms with van der Waals surface area (Å²) in [5, 5.41) is 4.01. The molecule has 1 saturated carbocycles. The van der Waals surface area contributed by atoms with Crippen LogP contribution in [0.3, 0.4) is 0 Å². The van der Waals surface area contributed by atoms with E-state index >= 15 is 0 Å². The van der Waals surface area contributed by atoms with E-state index in [1.807, 2.05) is 23.1 Å². The number of carbonyl (C=O) groups is 1. The zero-order valence-corrected chi connectivity index (χ0v) is 18.9. The molecule has 0 saturated heterocycles. The predicted molar refractivity (Wildman–Crippen MR) is 123 cm³/mol. The second-order valence-electron chi connectivity index (χ2n) is 9.04. The number of urea groups is 1. The molecule has 1 aliphatic carbocycles. The highest BCUT2D eigenvalue weighted by molar-refractivity contribution is 6.35. The lowest BCUT2D eigenvalue weighted by Crippen LogP contribution is -2.45. The van der Waals surface area contributed by atoms with Gasteiger partial charge in [0.25, 0.3) is 0 Å². The van der Waals surface area contributed by atoms with Gasteiger partial charge in [-0.25, -0.2) is 4.79 Å². The van der Waals surface area contributed by atoms with Gasteiger partial charge >= 0.3 is 6.03 Å². The van der Waals surface area contributed by atoms with Crippen LogP contribution in [0.1, 0.15) is 52.0 Å². The first-order chi connectivity index (χ1) is 13.7. The Balaban J connectivity index is 1.78. The number of carbonyl (C=O) groups excluding carboxylic acids is 1. The number of anilines is 1. The Kier molecular flexibility index (Phi) is 7.13. The zero-order chi connectivity index (χ0) is 21.0. The first kappa shape index (κ1) is 22.0. The van der Waals surface area contributed by atoms with Crippen LogP contribution in [-0.2, 0) is 6.54 Å². The minimum atomic E-state index is -0.128. The molecule has 0 aromatic heterocycles. The topological polar surface area (TPSA) is 32.3 Å². The number of hydrogen-bond donors (Lipinski definition) is 1. The maximum absolute atomic E-state index is 13.3. The van der Waals surface area contributed by atoms with Gasteiger partial charge in [0, 0.05) is 17.6 Å². The van der Waals surface area contributed by atoms with Crippen molar-refractivity contribution in [1.82, 2.24) is 4.90 Å². The Hall–Kier alpha value is -1.71. The van der Waals surface area contributed by atoms with Gasteiger partial charge in [-0.2, -0.15) is 0 Å². The van der Waals surface area contributed by atoms with Crippen LogP contribution in [0.5, 0.6) is 0 Å². The fourth-order valence-electron chi connectivity index (χ4n) is 4.18. The Morgan fingerprint density at radius 1 is 1.03 bits per heavy atom. The predicted octanol–water partition coefficient (Wildman–Crippen LogP) is 7.63. The molecule has 0 spiro atoms. The second kappa shape index (κ2) is 9.40. The lowest BCUT2D eigenvalue weighted by Gasteiger charge is -2.41. The third-order valence-corrected chi connectivity index (χ3v) is 6.55. The second-order valence-corrected chi connectivity index (χ2v) is 9.88. The van der Waals surface area contributed by atoms with Crippen molar-refractivity contribution in [1.29, 1.82) is 0 Å². The third kappa shape index (κ3) is 5.90. The average molecular weight is 433 g/mol. The van der Waals surface area contributed by atoms with Gasteiger partial charge in [-0.3, -0.25) is 0 Å². The average Bonchev–Trinajstić information content (AvgIpc) is 2.69. The van der Waals surface area contributed by atoms with Crippen LogP contribution >= 0.6 is 23.2 Å². The quantitative estimate of drug-likeness (QED) is 0.528. The maximum atomic E-state index is 13.3. The van der Waals surface area contributed by atoms with Crippen LogP contribution in [0.25, 0.3) is 0 Å². The normalized spacial score (nSPS) is 19.6. The molecule has 3 rings (SSSR count). The van der Waals surface area contributed by atoms with Gasteiger partial charge in [0.05, 0.1) is 10.7 Å². The molecule has 0 bridgehead atoms. The van der Waals surface area contributed by atoms with E-state index in [9.17, 15) is 4.79 Å². The summed E-state index contributed by atoms with van der Waals surface area (Å²) >= 11 is 12.4. The van der Waals surface area contributed by atoms with E-state index in [2.05, 4.69) is 38.2 Å². The van der Waals surface area contributed by atoms with Crippen molar-refractivity contribution in [3.63, 3.8) is 0 Å². The monoisotopic (exact) mass is 432 g/mol. The Morgan fingerprint density at radius 2 is 1.69 bits per heavy atom. The first-order valence-electron chi connectivity index (χ1n) is 10.3. The number of halogens is 2. The van der Waals surface area contributed by atoms with E-state index in [4.69, 9.17) is 23.2 Å². The molecule has 0 unspecified atom stereocenters. The highest BCUT2D eigenvalue weighted by Gasteiger charge is 2.33. The van der Waals surface area contributed by atoms with E-state index in [0.717, 1.165) is 31.2 Å². The van der Waals surface area contributed by atoms with Crippen molar-refractivity contribution < 1.29 is 4.79 Å².